The first-order chi connectivity index (χ1) is 14.3. The van der Waals surface area contributed by atoms with Crippen LogP contribution in [-0.4, -0.2) is 31.4 Å². The van der Waals surface area contributed by atoms with Gasteiger partial charge in [0.1, 0.15) is 0 Å². The molecule has 0 saturated carbocycles. The number of carbonyl (C=O) groups is 1. The Morgan fingerprint density at radius 2 is 1.83 bits per heavy atom. The number of hydrogen-bond acceptors (Lipinski definition) is 3. The van der Waals surface area contributed by atoms with Crippen molar-refractivity contribution in [2.75, 3.05) is 12.8 Å². The highest BCUT2D eigenvalue weighted by Gasteiger charge is 2.23. The zero-order chi connectivity index (χ0) is 21.7. The van der Waals surface area contributed by atoms with E-state index in [-0.39, 0.29) is 25.0 Å². The van der Waals surface area contributed by atoms with E-state index in [9.17, 15) is 13.2 Å². The zero-order valence-corrected chi connectivity index (χ0v) is 19.1. The van der Waals surface area contributed by atoms with Gasteiger partial charge in [-0.15, -0.1) is 0 Å². The van der Waals surface area contributed by atoms with Gasteiger partial charge in [0.2, 0.25) is 15.9 Å². The lowest BCUT2D eigenvalue weighted by Gasteiger charge is -2.24. The molecule has 0 aliphatic heterocycles. The molecule has 0 saturated heterocycles. The van der Waals surface area contributed by atoms with Crippen LogP contribution < -0.4 is 5.32 Å². The van der Waals surface area contributed by atoms with E-state index in [0.29, 0.717) is 10.6 Å². The Hall–Kier alpha value is -1.89. The van der Waals surface area contributed by atoms with Crippen LogP contribution >= 0.6 is 11.6 Å². The molecule has 1 amide bonds. The second kappa shape index (κ2) is 9.94. The number of rotatable bonds is 8. The highest BCUT2D eigenvalue weighted by Crippen LogP contribution is 2.26. The fourth-order valence-corrected chi connectivity index (χ4v) is 4.82. The molecule has 162 valence electrons. The van der Waals surface area contributed by atoms with Gasteiger partial charge in [-0.3, -0.25) is 4.79 Å². The van der Waals surface area contributed by atoms with Gasteiger partial charge in [0.15, 0.2) is 0 Å². The summed E-state index contributed by atoms with van der Waals surface area (Å²) in [5.74, 6) is -0.322. The van der Waals surface area contributed by atoms with Crippen molar-refractivity contribution in [2.24, 2.45) is 0 Å². The van der Waals surface area contributed by atoms with Crippen LogP contribution in [0.4, 0.5) is 0 Å². The van der Waals surface area contributed by atoms with Crippen LogP contribution in [0.15, 0.2) is 42.5 Å². The van der Waals surface area contributed by atoms with Crippen molar-refractivity contribution in [3.05, 3.63) is 69.7 Å². The standard InChI is InChI=1S/C23H29ClN2O3S/c1-3-22(19-13-12-17-8-4-5-9-18(17)14-19)25-23(27)16-26(30(2,28)29)15-20-10-6-7-11-21(20)24/h6-7,10-14,22H,3-5,8-9,15-16H2,1-2H3,(H,25,27). The Balaban J connectivity index is 1.71. The molecule has 0 aromatic heterocycles. The summed E-state index contributed by atoms with van der Waals surface area (Å²) in [7, 11) is -3.58. The molecule has 1 aliphatic rings. The number of nitrogens with one attached hydrogen (secondary N) is 1. The minimum atomic E-state index is -3.58. The molecule has 0 spiro atoms. The van der Waals surface area contributed by atoms with Gasteiger partial charge in [0.05, 0.1) is 18.8 Å². The molecule has 7 heteroatoms. The maximum atomic E-state index is 12.8. The molecule has 1 unspecified atom stereocenters. The SMILES string of the molecule is CCC(NC(=O)CN(Cc1ccccc1Cl)S(C)(=O)=O)c1ccc2c(c1)CCCC2. The number of hydrogen-bond donors (Lipinski definition) is 1. The fourth-order valence-electron chi connectivity index (χ4n) is 3.90. The van der Waals surface area contributed by atoms with Crippen molar-refractivity contribution in [1.82, 2.24) is 9.62 Å². The topological polar surface area (TPSA) is 66.5 Å². The highest BCUT2D eigenvalue weighted by molar-refractivity contribution is 7.88. The predicted octanol–water partition coefficient (Wildman–Crippen LogP) is 4.25. The van der Waals surface area contributed by atoms with Gasteiger partial charge < -0.3 is 5.32 Å². The number of carbonyl (C=O) groups excluding carboxylic acids is 1. The van der Waals surface area contributed by atoms with Gasteiger partial charge in [-0.25, -0.2) is 8.42 Å². The molecule has 0 heterocycles. The summed E-state index contributed by atoms with van der Waals surface area (Å²) < 4.78 is 25.7. The summed E-state index contributed by atoms with van der Waals surface area (Å²) in [6.07, 6.45) is 6.46. The lowest BCUT2D eigenvalue weighted by molar-refractivity contribution is -0.122. The lowest BCUT2D eigenvalue weighted by atomic mass is 9.89. The average molecular weight is 449 g/mol. The summed E-state index contributed by atoms with van der Waals surface area (Å²) >= 11 is 6.18. The molecular formula is C23H29ClN2O3S. The number of amides is 1. The molecule has 30 heavy (non-hydrogen) atoms. The Morgan fingerprint density at radius 3 is 2.50 bits per heavy atom. The van der Waals surface area contributed by atoms with E-state index in [0.717, 1.165) is 35.4 Å². The second-order valence-corrected chi connectivity index (χ2v) is 10.3. The first-order valence-electron chi connectivity index (χ1n) is 10.4. The van der Waals surface area contributed by atoms with Crippen LogP contribution in [0.1, 0.15) is 54.5 Å². The monoisotopic (exact) mass is 448 g/mol. The van der Waals surface area contributed by atoms with Crippen LogP contribution in [-0.2, 0) is 34.2 Å². The van der Waals surface area contributed by atoms with Gasteiger partial charge in [-0.1, -0.05) is 54.9 Å². The van der Waals surface area contributed by atoms with E-state index in [1.165, 1.54) is 24.0 Å². The molecule has 1 aliphatic carbocycles. The Bertz CT molecular complexity index is 1010. The van der Waals surface area contributed by atoms with Crippen molar-refractivity contribution < 1.29 is 13.2 Å². The quantitative estimate of drug-likeness (QED) is 0.656. The largest absolute Gasteiger partial charge is 0.348 e. The third-order valence-corrected chi connectivity index (χ3v) is 7.18. The van der Waals surface area contributed by atoms with Crippen molar-refractivity contribution in [3.8, 4) is 0 Å². The van der Waals surface area contributed by atoms with E-state index in [4.69, 9.17) is 11.6 Å². The van der Waals surface area contributed by atoms with E-state index in [2.05, 4.69) is 23.5 Å². The van der Waals surface area contributed by atoms with Crippen LogP contribution in [0.3, 0.4) is 0 Å². The molecule has 1 N–H and O–H groups in total. The number of sulfonamides is 1. The highest BCUT2D eigenvalue weighted by atomic mass is 35.5. The van der Waals surface area contributed by atoms with Crippen LogP contribution in [0.5, 0.6) is 0 Å². The van der Waals surface area contributed by atoms with Gasteiger partial charge in [0, 0.05) is 11.6 Å². The molecule has 0 radical (unpaired) electrons. The zero-order valence-electron chi connectivity index (χ0n) is 17.5. The third-order valence-electron chi connectivity index (χ3n) is 5.61. The number of aryl methyl sites for hydroxylation is 2. The average Bonchev–Trinajstić information content (AvgIpc) is 2.72. The van der Waals surface area contributed by atoms with E-state index in [1.807, 2.05) is 6.92 Å². The molecule has 1 atom stereocenters. The predicted molar refractivity (Wildman–Crippen MR) is 121 cm³/mol. The number of halogens is 1. The van der Waals surface area contributed by atoms with Crippen LogP contribution in [0.25, 0.3) is 0 Å². The summed E-state index contributed by atoms with van der Waals surface area (Å²) in [5.41, 5.74) is 4.50. The summed E-state index contributed by atoms with van der Waals surface area (Å²) in [6, 6.07) is 13.3. The van der Waals surface area contributed by atoms with E-state index in [1.54, 1.807) is 24.3 Å². The van der Waals surface area contributed by atoms with Gasteiger partial charge >= 0.3 is 0 Å². The van der Waals surface area contributed by atoms with Crippen molar-refractivity contribution in [3.63, 3.8) is 0 Å². The summed E-state index contributed by atoms with van der Waals surface area (Å²) in [4.78, 5) is 12.8. The molecule has 3 rings (SSSR count). The van der Waals surface area contributed by atoms with Gasteiger partial charge in [-0.2, -0.15) is 4.31 Å². The van der Waals surface area contributed by atoms with Gasteiger partial charge in [0.25, 0.3) is 0 Å². The minimum Gasteiger partial charge on any atom is -0.348 e. The van der Waals surface area contributed by atoms with Crippen LogP contribution in [0, 0.1) is 0 Å². The number of nitrogens with zero attached hydrogens (tertiary/aromatic N) is 1. The minimum absolute atomic E-state index is 0.0571. The lowest BCUT2D eigenvalue weighted by Crippen LogP contribution is -2.41. The molecular weight excluding hydrogens is 420 g/mol. The van der Waals surface area contributed by atoms with Crippen molar-refractivity contribution in [1.29, 1.82) is 0 Å². The summed E-state index contributed by atoms with van der Waals surface area (Å²) in [5, 5.41) is 3.49. The maximum absolute atomic E-state index is 12.8. The molecule has 2 aromatic rings. The van der Waals surface area contributed by atoms with E-state index >= 15 is 0 Å². The van der Waals surface area contributed by atoms with Crippen LogP contribution in [0.2, 0.25) is 5.02 Å². The Morgan fingerprint density at radius 1 is 1.13 bits per heavy atom. The Kier molecular flexibility index (Phi) is 7.55. The molecule has 0 fully saturated rings. The van der Waals surface area contributed by atoms with Crippen molar-refractivity contribution >= 4 is 27.5 Å². The number of fused-ring (bicyclic) bond motifs is 1. The summed E-state index contributed by atoms with van der Waals surface area (Å²) in [6.45, 7) is 1.83. The van der Waals surface area contributed by atoms with Crippen molar-refractivity contribution in [2.45, 2.75) is 51.6 Å². The van der Waals surface area contributed by atoms with E-state index < -0.39 is 10.0 Å². The second-order valence-electron chi connectivity index (χ2n) is 7.89. The first kappa shape index (κ1) is 22.8. The first-order valence-corrected chi connectivity index (χ1v) is 12.6. The molecule has 0 bridgehead atoms. The molecule has 5 nitrogen and oxygen atoms in total. The Labute approximate surface area is 184 Å². The maximum Gasteiger partial charge on any atom is 0.235 e. The molecule has 2 aromatic carbocycles. The third kappa shape index (κ3) is 5.84. The number of benzene rings is 2. The normalized spacial score (nSPS) is 14.9. The smallest absolute Gasteiger partial charge is 0.235 e. The fraction of sp³-hybridized carbons (Fsp3) is 0.435. The van der Waals surface area contributed by atoms with Gasteiger partial charge in [-0.05, 0) is 60.4 Å².